The van der Waals surface area contributed by atoms with Crippen molar-refractivity contribution in [3.8, 4) is 22.8 Å². The van der Waals surface area contributed by atoms with E-state index in [9.17, 15) is 4.79 Å². The number of nitrogens with one attached hydrogen (secondary N) is 1. The fraction of sp³-hybridized carbons (Fsp3) is 0.0714. The summed E-state index contributed by atoms with van der Waals surface area (Å²) in [6.45, 7) is 2.29. The first kappa shape index (κ1) is 21.7. The first-order valence-electron chi connectivity index (χ1n) is 10.8. The lowest BCUT2D eigenvalue weighted by Gasteiger charge is -2.08. The average Bonchev–Trinajstić information content (AvgIpc) is 3.36. The summed E-state index contributed by atoms with van der Waals surface area (Å²) >= 11 is 6.06. The molecule has 0 unspecified atom stereocenters. The topological polar surface area (TPSA) is 64.4 Å². The van der Waals surface area contributed by atoms with Gasteiger partial charge in [0.15, 0.2) is 11.5 Å². The van der Waals surface area contributed by atoms with Crippen LogP contribution in [0, 0.1) is 6.92 Å². The summed E-state index contributed by atoms with van der Waals surface area (Å²) < 4.78 is 11.3. The summed E-state index contributed by atoms with van der Waals surface area (Å²) in [5.41, 5.74) is 3.00. The molecule has 34 heavy (non-hydrogen) atoms. The number of carbonyl (C=O) groups excluding carboxylic acids is 1. The Balaban J connectivity index is 1.20. The second kappa shape index (κ2) is 9.41. The molecule has 5 aromatic rings. The molecule has 0 aliphatic carbocycles. The number of amides is 1. The maximum Gasteiger partial charge on any atom is 0.273 e. The van der Waals surface area contributed by atoms with Crippen molar-refractivity contribution in [2.24, 2.45) is 0 Å². The molecule has 0 aliphatic heterocycles. The lowest BCUT2D eigenvalue weighted by atomic mass is 10.1. The van der Waals surface area contributed by atoms with Crippen molar-refractivity contribution in [3.05, 3.63) is 113 Å². The van der Waals surface area contributed by atoms with Crippen LogP contribution in [0.4, 0.5) is 0 Å². The Labute approximate surface area is 201 Å². The number of rotatable bonds is 6. The number of carbonyl (C=O) groups is 1. The molecule has 0 saturated heterocycles. The molecule has 0 saturated carbocycles. The van der Waals surface area contributed by atoms with Gasteiger partial charge in [0.1, 0.15) is 11.5 Å². The van der Waals surface area contributed by atoms with E-state index in [0.29, 0.717) is 23.1 Å². The highest BCUT2D eigenvalue weighted by Crippen LogP contribution is 2.27. The molecular formula is C28H21ClN2O3. The Kier molecular flexibility index (Phi) is 6.02. The molecule has 4 aromatic carbocycles. The standard InChI is InChI=1S/C28H21ClN2O3/c1-18-14-24(12-13-25(18)29)33-23-10-6-19(7-11-23)17-30-28(32)26-16-27(34-31-26)22-9-8-20-4-2-3-5-21(20)15-22/h2-16H,17H2,1H3,(H,30,32). The zero-order chi connectivity index (χ0) is 23.5. The van der Waals surface area contributed by atoms with Gasteiger partial charge in [-0.25, -0.2) is 0 Å². The number of aryl methyl sites for hydroxylation is 1. The zero-order valence-corrected chi connectivity index (χ0v) is 19.2. The van der Waals surface area contributed by atoms with Crippen molar-refractivity contribution in [1.82, 2.24) is 10.5 Å². The largest absolute Gasteiger partial charge is 0.457 e. The number of ether oxygens (including phenoxy) is 1. The number of aromatic nitrogens is 1. The third-order valence-corrected chi connectivity index (χ3v) is 5.94. The SMILES string of the molecule is Cc1cc(Oc2ccc(CNC(=O)c3cc(-c4ccc5ccccc5c4)on3)cc2)ccc1Cl. The Morgan fingerprint density at radius 1 is 0.912 bits per heavy atom. The highest BCUT2D eigenvalue weighted by molar-refractivity contribution is 6.31. The fourth-order valence-corrected chi connectivity index (χ4v) is 3.74. The van der Waals surface area contributed by atoms with Crippen LogP contribution in [0.25, 0.3) is 22.1 Å². The molecule has 0 radical (unpaired) electrons. The van der Waals surface area contributed by atoms with E-state index < -0.39 is 0 Å². The minimum Gasteiger partial charge on any atom is -0.457 e. The van der Waals surface area contributed by atoms with Crippen molar-refractivity contribution in [2.75, 3.05) is 0 Å². The number of benzene rings is 4. The van der Waals surface area contributed by atoms with Crippen molar-refractivity contribution >= 4 is 28.3 Å². The number of nitrogens with zero attached hydrogens (tertiary/aromatic N) is 1. The van der Waals surface area contributed by atoms with Crippen LogP contribution in [0.1, 0.15) is 21.6 Å². The van der Waals surface area contributed by atoms with Crippen molar-refractivity contribution in [1.29, 1.82) is 0 Å². The Morgan fingerprint density at radius 2 is 1.68 bits per heavy atom. The van der Waals surface area contributed by atoms with Crippen molar-refractivity contribution < 1.29 is 14.1 Å². The van der Waals surface area contributed by atoms with Gasteiger partial charge >= 0.3 is 0 Å². The molecular weight excluding hydrogens is 448 g/mol. The first-order valence-corrected chi connectivity index (χ1v) is 11.2. The van der Waals surface area contributed by atoms with Crippen LogP contribution in [0.3, 0.4) is 0 Å². The van der Waals surface area contributed by atoms with E-state index >= 15 is 0 Å². The molecule has 1 amide bonds. The van der Waals surface area contributed by atoms with Crippen molar-refractivity contribution in [3.63, 3.8) is 0 Å². The molecule has 0 spiro atoms. The van der Waals surface area contributed by atoms with Crippen LogP contribution in [-0.2, 0) is 6.54 Å². The van der Waals surface area contributed by atoms with Gasteiger partial charge in [0.2, 0.25) is 0 Å². The lowest BCUT2D eigenvalue weighted by molar-refractivity contribution is 0.0942. The third-order valence-electron chi connectivity index (χ3n) is 5.52. The van der Waals surface area contributed by atoms with E-state index in [0.717, 1.165) is 33.2 Å². The first-order chi connectivity index (χ1) is 16.5. The third kappa shape index (κ3) is 4.80. The van der Waals surface area contributed by atoms with Gasteiger partial charge in [-0.1, -0.05) is 65.3 Å². The second-order valence-corrected chi connectivity index (χ2v) is 8.39. The Bertz CT molecular complexity index is 1480. The summed E-state index contributed by atoms with van der Waals surface area (Å²) in [5, 5.41) is 9.76. The second-order valence-electron chi connectivity index (χ2n) is 7.98. The van der Waals surface area contributed by atoms with Gasteiger partial charge in [0.25, 0.3) is 5.91 Å². The van der Waals surface area contributed by atoms with E-state index in [2.05, 4.69) is 16.5 Å². The van der Waals surface area contributed by atoms with E-state index in [1.807, 2.05) is 85.8 Å². The Morgan fingerprint density at radius 3 is 2.47 bits per heavy atom. The van der Waals surface area contributed by atoms with Crippen LogP contribution < -0.4 is 10.1 Å². The van der Waals surface area contributed by atoms with Crippen LogP contribution in [0.5, 0.6) is 11.5 Å². The zero-order valence-electron chi connectivity index (χ0n) is 18.4. The summed E-state index contributed by atoms with van der Waals surface area (Å²) in [7, 11) is 0. The lowest BCUT2D eigenvalue weighted by Crippen LogP contribution is -2.22. The van der Waals surface area contributed by atoms with E-state index in [4.69, 9.17) is 20.9 Å². The van der Waals surface area contributed by atoms with Gasteiger partial charge in [0.05, 0.1) is 0 Å². The predicted molar refractivity (Wildman–Crippen MR) is 133 cm³/mol. The number of hydrogen-bond donors (Lipinski definition) is 1. The van der Waals surface area contributed by atoms with Crippen LogP contribution in [0.2, 0.25) is 5.02 Å². The normalized spacial score (nSPS) is 10.9. The maximum absolute atomic E-state index is 12.6. The van der Waals surface area contributed by atoms with E-state index in [1.165, 1.54) is 0 Å². The Hall–Kier alpha value is -4.09. The van der Waals surface area contributed by atoms with Gasteiger partial charge in [-0.2, -0.15) is 0 Å². The summed E-state index contributed by atoms with van der Waals surface area (Å²) in [6, 6.07) is 28.8. The molecule has 0 bridgehead atoms. The fourth-order valence-electron chi connectivity index (χ4n) is 3.63. The van der Waals surface area contributed by atoms with Crippen LogP contribution >= 0.6 is 11.6 Å². The summed E-state index contributed by atoms with van der Waals surface area (Å²) in [5.74, 6) is 1.67. The summed E-state index contributed by atoms with van der Waals surface area (Å²) in [4.78, 5) is 12.6. The van der Waals surface area contributed by atoms with Crippen molar-refractivity contribution in [2.45, 2.75) is 13.5 Å². The summed E-state index contributed by atoms with van der Waals surface area (Å²) in [6.07, 6.45) is 0. The smallest absolute Gasteiger partial charge is 0.273 e. The molecule has 1 N–H and O–H groups in total. The maximum atomic E-state index is 12.6. The van der Waals surface area contributed by atoms with E-state index in [1.54, 1.807) is 6.07 Å². The van der Waals surface area contributed by atoms with Gasteiger partial charge in [-0.3, -0.25) is 4.79 Å². The highest BCUT2D eigenvalue weighted by atomic mass is 35.5. The van der Waals surface area contributed by atoms with E-state index in [-0.39, 0.29) is 11.6 Å². The quantitative estimate of drug-likeness (QED) is 0.286. The molecule has 1 aromatic heterocycles. The van der Waals surface area contributed by atoms with Gasteiger partial charge in [-0.15, -0.1) is 0 Å². The van der Waals surface area contributed by atoms with Gasteiger partial charge in [0, 0.05) is 23.2 Å². The molecule has 5 rings (SSSR count). The molecule has 168 valence electrons. The number of halogens is 1. The minimum atomic E-state index is -0.298. The average molecular weight is 469 g/mol. The molecule has 0 fully saturated rings. The molecule has 5 nitrogen and oxygen atoms in total. The highest BCUT2D eigenvalue weighted by Gasteiger charge is 2.14. The molecule has 0 aliphatic rings. The molecule has 6 heteroatoms. The monoisotopic (exact) mass is 468 g/mol. The minimum absolute atomic E-state index is 0.237. The number of hydrogen-bond acceptors (Lipinski definition) is 4. The van der Waals surface area contributed by atoms with Crippen LogP contribution in [-0.4, -0.2) is 11.1 Å². The van der Waals surface area contributed by atoms with Gasteiger partial charge in [-0.05, 0) is 65.2 Å². The van der Waals surface area contributed by atoms with Gasteiger partial charge < -0.3 is 14.6 Å². The molecule has 0 atom stereocenters. The number of fused-ring (bicyclic) bond motifs is 1. The van der Waals surface area contributed by atoms with Crippen LogP contribution in [0.15, 0.2) is 95.5 Å². The predicted octanol–water partition coefficient (Wildman–Crippen LogP) is 7.18. The molecule has 1 heterocycles.